The van der Waals surface area contributed by atoms with Crippen LogP contribution in [-0.4, -0.2) is 10.9 Å². The first-order chi connectivity index (χ1) is 10.1. The molecular weight excluding hydrogens is 260 g/mol. The Labute approximate surface area is 126 Å². The topological polar surface area (TPSA) is 37.3 Å². The molecule has 0 bridgehead atoms. The molecule has 110 valence electrons. The predicted molar refractivity (Wildman–Crippen MR) is 85.0 cm³/mol. The summed E-state index contributed by atoms with van der Waals surface area (Å²) in [6, 6.07) is 19.1. The van der Waals surface area contributed by atoms with E-state index in [4.69, 9.17) is 0 Å². The highest BCUT2D eigenvalue weighted by molar-refractivity contribution is 5.87. The summed E-state index contributed by atoms with van der Waals surface area (Å²) in [5, 5.41) is 10.7. The quantitative estimate of drug-likeness (QED) is 0.871. The molecule has 0 fully saturated rings. The van der Waals surface area contributed by atoms with Gasteiger partial charge < -0.3 is 5.11 Å². The molecule has 1 N–H and O–H groups in total. The summed E-state index contributed by atoms with van der Waals surface area (Å²) in [4.78, 5) is 12.7. The molecule has 0 amide bonds. The SMILES string of the molecule is CCC(C)(C(=O)Cc1ccccc1)C(O)c1ccccc1. The first kappa shape index (κ1) is 15.5. The molecule has 0 aliphatic heterocycles. The monoisotopic (exact) mass is 282 g/mol. The Morgan fingerprint density at radius 2 is 1.57 bits per heavy atom. The molecule has 0 aliphatic rings. The number of carbonyl (C=O) groups is 1. The van der Waals surface area contributed by atoms with Crippen molar-refractivity contribution in [1.29, 1.82) is 0 Å². The van der Waals surface area contributed by atoms with E-state index in [2.05, 4.69) is 0 Å². The summed E-state index contributed by atoms with van der Waals surface area (Å²) in [6.07, 6.45) is 0.184. The number of ketones is 1. The zero-order valence-electron chi connectivity index (χ0n) is 12.6. The van der Waals surface area contributed by atoms with Crippen LogP contribution in [-0.2, 0) is 11.2 Å². The second kappa shape index (κ2) is 6.68. The van der Waals surface area contributed by atoms with Gasteiger partial charge in [-0.15, -0.1) is 0 Å². The number of carbonyl (C=O) groups excluding carboxylic acids is 1. The summed E-state index contributed by atoms with van der Waals surface area (Å²) in [5.74, 6) is 0.0764. The molecule has 0 heterocycles. The fourth-order valence-corrected chi connectivity index (χ4v) is 2.53. The highest BCUT2D eigenvalue weighted by Gasteiger charge is 2.39. The Bertz CT molecular complexity index is 577. The van der Waals surface area contributed by atoms with Gasteiger partial charge in [-0.05, 0) is 24.5 Å². The minimum atomic E-state index is -0.778. The molecule has 2 atom stereocenters. The summed E-state index contributed by atoms with van der Waals surface area (Å²) in [7, 11) is 0. The predicted octanol–water partition coefficient (Wildman–Crippen LogP) is 3.95. The lowest BCUT2D eigenvalue weighted by atomic mass is 9.73. The average Bonchev–Trinajstić information content (AvgIpc) is 2.55. The number of Topliss-reactive ketones (excluding diaryl/α,β-unsaturated/α-hetero) is 1. The van der Waals surface area contributed by atoms with E-state index in [0.29, 0.717) is 12.8 Å². The van der Waals surface area contributed by atoms with Crippen LogP contribution in [0.15, 0.2) is 60.7 Å². The van der Waals surface area contributed by atoms with Crippen molar-refractivity contribution in [1.82, 2.24) is 0 Å². The van der Waals surface area contributed by atoms with Crippen molar-refractivity contribution in [3.05, 3.63) is 71.8 Å². The molecule has 2 aromatic rings. The van der Waals surface area contributed by atoms with Gasteiger partial charge >= 0.3 is 0 Å². The van der Waals surface area contributed by atoms with E-state index in [1.807, 2.05) is 74.5 Å². The highest BCUT2D eigenvalue weighted by atomic mass is 16.3. The number of aliphatic hydroxyl groups excluding tert-OH is 1. The Kier molecular flexibility index (Phi) is 4.92. The van der Waals surface area contributed by atoms with Gasteiger partial charge in [0.25, 0.3) is 0 Å². The molecule has 0 aliphatic carbocycles. The van der Waals surface area contributed by atoms with Gasteiger partial charge in [0.05, 0.1) is 11.5 Å². The number of hydrogen-bond acceptors (Lipinski definition) is 2. The van der Waals surface area contributed by atoms with E-state index < -0.39 is 11.5 Å². The van der Waals surface area contributed by atoms with Gasteiger partial charge in [-0.25, -0.2) is 0 Å². The number of aliphatic hydroxyl groups is 1. The van der Waals surface area contributed by atoms with Crippen LogP contribution in [0.4, 0.5) is 0 Å². The van der Waals surface area contributed by atoms with Gasteiger partial charge in [0, 0.05) is 6.42 Å². The van der Waals surface area contributed by atoms with Crippen molar-refractivity contribution in [3.8, 4) is 0 Å². The van der Waals surface area contributed by atoms with Crippen LogP contribution in [0.2, 0.25) is 0 Å². The van der Waals surface area contributed by atoms with Gasteiger partial charge in [0.15, 0.2) is 0 Å². The van der Waals surface area contributed by atoms with E-state index in [9.17, 15) is 9.90 Å². The Morgan fingerprint density at radius 3 is 2.10 bits per heavy atom. The summed E-state index contributed by atoms with van der Waals surface area (Å²) in [5.41, 5.74) is 1.02. The molecule has 2 heteroatoms. The van der Waals surface area contributed by atoms with Crippen molar-refractivity contribution in [2.24, 2.45) is 5.41 Å². The van der Waals surface area contributed by atoms with E-state index in [-0.39, 0.29) is 5.78 Å². The molecule has 2 aromatic carbocycles. The maximum absolute atomic E-state index is 12.7. The second-order valence-corrected chi connectivity index (χ2v) is 5.67. The zero-order chi connectivity index (χ0) is 15.3. The molecule has 21 heavy (non-hydrogen) atoms. The standard InChI is InChI=1S/C19H22O2/c1-3-19(2,18(21)16-12-8-5-9-13-16)17(20)14-15-10-6-4-7-11-15/h4-13,18,21H,3,14H2,1-2H3. The fourth-order valence-electron chi connectivity index (χ4n) is 2.53. The second-order valence-electron chi connectivity index (χ2n) is 5.67. The third-order valence-corrected chi connectivity index (χ3v) is 4.30. The maximum atomic E-state index is 12.7. The normalized spacial score (nSPS) is 15.2. The van der Waals surface area contributed by atoms with Crippen LogP contribution in [0.25, 0.3) is 0 Å². The molecule has 0 saturated heterocycles. The van der Waals surface area contributed by atoms with Crippen LogP contribution < -0.4 is 0 Å². The molecule has 2 nitrogen and oxygen atoms in total. The van der Waals surface area contributed by atoms with Crippen molar-refractivity contribution < 1.29 is 9.90 Å². The molecule has 0 aromatic heterocycles. The van der Waals surface area contributed by atoms with Gasteiger partial charge in [-0.1, -0.05) is 67.6 Å². The van der Waals surface area contributed by atoms with Crippen LogP contribution in [0.1, 0.15) is 37.5 Å². The number of benzene rings is 2. The van der Waals surface area contributed by atoms with Crippen molar-refractivity contribution in [3.63, 3.8) is 0 Å². The molecule has 0 saturated carbocycles. The Balaban J connectivity index is 2.22. The van der Waals surface area contributed by atoms with E-state index in [0.717, 1.165) is 11.1 Å². The summed E-state index contributed by atoms with van der Waals surface area (Å²) < 4.78 is 0. The van der Waals surface area contributed by atoms with Crippen LogP contribution in [0.3, 0.4) is 0 Å². The lowest BCUT2D eigenvalue weighted by Crippen LogP contribution is -2.35. The highest BCUT2D eigenvalue weighted by Crippen LogP contribution is 2.38. The van der Waals surface area contributed by atoms with Gasteiger partial charge in [-0.3, -0.25) is 4.79 Å². The van der Waals surface area contributed by atoms with Crippen molar-refractivity contribution in [2.45, 2.75) is 32.8 Å². The van der Waals surface area contributed by atoms with E-state index in [1.165, 1.54) is 0 Å². The smallest absolute Gasteiger partial charge is 0.146 e. The third kappa shape index (κ3) is 3.40. The summed E-state index contributed by atoms with van der Waals surface area (Å²) in [6.45, 7) is 3.81. The van der Waals surface area contributed by atoms with Crippen molar-refractivity contribution in [2.75, 3.05) is 0 Å². The van der Waals surface area contributed by atoms with Gasteiger partial charge in [0.2, 0.25) is 0 Å². The minimum absolute atomic E-state index is 0.0764. The Morgan fingerprint density at radius 1 is 1.05 bits per heavy atom. The van der Waals surface area contributed by atoms with Crippen molar-refractivity contribution >= 4 is 5.78 Å². The van der Waals surface area contributed by atoms with Crippen LogP contribution in [0.5, 0.6) is 0 Å². The Hall–Kier alpha value is -1.93. The van der Waals surface area contributed by atoms with E-state index >= 15 is 0 Å². The van der Waals surface area contributed by atoms with Crippen LogP contribution >= 0.6 is 0 Å². The molecule has 0 radical (unpaired) electrons. The van der Waals surface area contributed by atoms with Gasteiger partial charge in [0.1, 0.15) is 5.78 Å². The van der Waals surface area contributed by atoms with Gasteiger partial charge in [-0.2, -0.15) is 0 Å². The molecule has 2 unspecified atom stereocenters. The molecular formula is C19H22O2. The van der Waals surface area contributed by atoms with E-state index in [1.54, 1.807) is 0 Å². The minimum Gasteiger partial charge on any atom is -0.387 e. The maximum Gasteiger partial charge on any atom is 0.146 e. The molecule has 0 spiro atoms. The lowest BCUT2D eigenvalue weighted by molar-refractivity contribution is -0.134. The third-order valence-electron chi connectivity index (χ3n) is 4.30. The first-order valence-electron chi connectivity index (χ1n) is 7.38. The average molecular weight is 282 g/mol. The largest absolute Gasteiger partial charge is 0.387 e. The fraction of sp³-hybridized carbons (Fsp3) is 0.316. The number of rotatable bonds is 6. The lowest BCUT2D eigenvalue weighted by Gasteiger charge is -2.32. The number of hydrogen-bond donors (Lipinski definition) is 1. The van der Waals surface area contributed by atoms with Crippen LogP contribution in [0, 0.1) is 5.41 Å². The zero-order valence-corrected chi connectivity index (χ0v) is 12.6. The molecule has 2 rings (SSSR count). The summed E-state index contributed by atoms with van der Waals surface area (Å²) >= 11 is 0. The first-order valence-corrected chi connectivity index (χ1v) is 7.38.